The number of carbonyl (C=O) groups excluding carboxylic acids is 2. The van der Waals surface area contributed by atoms with E-state index in [1.54, 1.807) is 0 Å². The third kappa shape index (κ3) is 7.26. The van der Waals surface area contributed by atoms with Gasteiger partial charge in [0.1, 0.15) is 0 Å². The molecule has 7 heteroatoms. The summed E-state index contributed by atoms with van der Waals surface area (Å²) < 4.78 is 0. The second-order valence-corrected chi connectivity index (χ2v) is 14.9. The van der Waals surface area contributed by atoms with Gasteiger partial charge in [-0.05, 0) is 80.5 Å². The van der Waals surface area contributed by atoms with Gasteiger partial charge in [0.05, 0.1) is 15.6 Å². The number of carbonyl (C=O) groups is 2. The number of hydrogen-bond donors (Lipinski definition) is 0. The van der Waals surface area contributed by atoms with Crippen LogP contribution in [0.15, 0.2) is 78.9 Å². The summed E-state index contributed by atoms with van der Waals surface area (Å²) in [5.41, 5.74) is 2.15. The molecule has 0 spiro atoms. The van der Waals surface area contributed by atoms with Gasteiger partial charge in [0.2, 0.25) is 5.91 Å². The normalized spacial score (nSPS) is 20.5. The number of nitrogens with zero attached hydrogens (tertiary/aromatic N) is 3. The molecule has 2 aliphatic heterocycles. The molecule has 0 aromatic heterocycles. The van der Waals surface area contributed by atoms with Crippen molar-refractivity contribution in [3.63, 3.8) is 0 Å². The van der Waals surface area contributed by atoms with E-state index in [9.17, 15) is 9.59 Å². The summed E-state index contributed by atoms with van der Waals surface area (Å²) in [6.45, 7) is 10.2. The lowest BCUT2D eigenvalue weighted by Gasteiger charge is -2.49. The molecular formula is C38H47Cl2N3O2. The van der Waals surface area contributed by atoms with Gasteiger partial charge < -0.3 is 14.7 Å². The van der Waals surface area contributed by atoms with Crippen molar-refractivity contribution in [1.29, 1.82) is 0 Å². The fourth-order valence-electron chi connectivity index (χ4n) is 7.53. The Balaban J connectivity index is 1.31. The minimum atomic E-state index is -0.442. The third-order valence-corrected chi connectivity index (χ3v) is 10.9. The molecule has 0 saturated carbocycles. The van der Waals surface area contributed by atoms with Crippen LogP contribution in [0.4, 0.5) is 0 Å². The smallest absolute Gasteiger partial charge is 0.253 e. The Morgan fingerprint density at radius 3 is 2.09 bits per heavy atom. The van der Waals surface area contributed by atoms with Crippen molar-refractivity contribution in [1.82, 2.24) is 14.7 Å². The third-order valence-electron chi connectivity index (χ3n) is 10.1. The van der Waals surface area contributed by atoms with Crippen LogP contribution in [-0.2, 0) is 15.7 Å². The Labute approximate surface area is 279 Å². The molecule has 3 aromatic rings. The van der Waals surface area contributed by atoms with Gasteiger partial charge in [-0.2, -0.15) is 0 Å². The summed E-state index contributed by atoms with van der Waals surface area (Å²) in [5, 5.41) is 1.11. The maximum absolute atomic E-state index is 13.5. The van der Waals surface area contributed by atoms with Crippen molar-refractivity contribution >= 4 is 35.0 Å². The molecule has 2 amide bonds. The lowest BCUT2D eigenvalue weighted by atomic mass is 9.70. The van der Waals surface area contributed by atoms with Crippen LogP contribution in [0.2, 0.25) is 10.0 Å². The minimum Gasteiger partial charge on any atom is -0.338 e. The first-order valence-corrected chi connectivity index (χ1v) is 17.1. The molecule has 1 atom stereocenters. The highest BCUT2D eigenvalue weighted by Crippen LogP contribution is 2.43. The predicted molar refractivity (Wildman–Crippen MR) is 185 cm³/mol. The first kappa shape index (κ1) is 33.5. The molecule has 240 valence electrons. The average Bonchev–Trinajstić information content (AvgIpc) is 3.06. The summed E-state index contributed by atoms with van der Waals surface area (Å²) in [6, 6.07) is 26.1. The number of likely N-dealkylation sites (tertiary alicyclic amines) is 2. The number of piperidine rings is 2. The van der Waals surface area contributed by atoms with Crippen LogP contribution >= 0.6 is 23.2 Å². The zero-order valence-corrected chi connectivity index (χ0v) is 28.7. The summed E-state index contributed by atoms with van der Waals surface area (Å²) in [7, 11) is 1.99. The fraction of sp³-hybridized carbons (Fsp3) is 0.474. The Morgan fingerprint density at radius 2 is 1.47 bits per heavy atom. The van der Waals surface area contributed by atoms with Crippen LogP contribution in [0.1, 0.15) is 80.8 Å². The monoisotopic (exact) mass is 647 g/mol. The molecule has 0 N–H and O–H groups in total. The molecule has 0 radical (unpaired) electrons. The molecule has 2 saturated heterocycles. The van der Waals surface area contributed by atoms with Gasteiger partial charge in [0.25, 0.3) is 5.91 Å². The van der Waals surface area contributed by atoms with Crippen molar-refractivity contribution in [2.75, 3.05) is 39.8 Å². The molecule has 2 fully saturated rings. The van der Waals surface area contributed by atoms with E-state index in [-0.39, 0.29) is 22.8 Å². The van der Waals surface area contributed by atoms with Crippen LogP contribution in [0, 0.1) is 5.41 Å². The van der Waals surface area contributed by atoms with Gasteiger partial charge in [0, 0.05) is 49.6 Å². The molecule has 0 aliphatic carbocycles. The quantitative estimate of drug-likeness (QED) is 0.246. The first-order chi connectivity index (χ1) is 21.4. The van der Waals surface area contributed by atoms with Crippen molar-refractivity contribution in [3.8, 4) is 0 Å². The second kappa shape index (κ2) is 13.9. The van der Waals surface area contributed by atoms with E-state index in [2.05, 4.69) is 35.2 Å². The van der Waals surface area contributed by atoms with Gasteiger partial charge in [0.15, 0.2) is 0 Å². The highest BCUT2D eigenvalue weighted by atomic mass is 35.5. The van der Waals surface area contributed by atoms with Crippen molar-refractivity contribution in [3.05, 3.63) is 106 Å². The summed E-state index contributed by atoms with van der Waals surface area (Å²) in [6.07, 6.45) is 5.69. The van der Waals surface area contributed by atoms with Gasteiger partial charge in [-0.25, -0.2) is 0 Å². The molecule has 3 aromatic carbocycles. The largest absolute Gasteiger partial charge is 0.338 e. The van der Waals surface area contributed by atoms with Crippen molar-refractivity contribution in [2.45, 2.75) is 70.3 Å². The fourth-order valence-corrected chi connectivity index (χ4v) is 7.83. The molecule has 2 aliphatic rings. The lowest BCUT2D eigenvalue weighted by molar-refractivity contribution is -0.147. The zero-order valence-electron chi connectivity index (χ0n) is 27.2. The van der Waals surface area contributed by atoms with Crippen molar-refractivity contribution in [2.24, 2.45) is 5.41 Å². The number of halogens is 2. The minimum absolute atomic E-state index is 0.0851. The van der Waals surface area contributed by atoms with E-state index in [4.69, 9.17) is 23.2 Å². The van der Waals surface area contributed by atoms with E-state index in [1.807, 2.05) is 86.1 Å². The Bertz CT molecular complexity index is 1470. The van der Waals surface area contributed by atoms with Gasteiger partial charge >= 0.3 is 0 Å². The zero-order chi connectivity index (χ0) is 32.2. The van der Waals surface area contributed by atoms with Crippen molar-refractivity contribution < 1.29 is 9.59 Å². The highest BCUT2D eigenvalue weighted by molar-refractivity contribution is 6.42. The van der Waals surface area contributed by atoms with Crippen LogP contribution in [0.5, 0.6) is 0 Å². The summed E-state index contributed by atoms with van der Waals surface area (Å²) >= 11 is 12.9. The molecule has 5 nitrogen and oxygen atoms in total. The predicted octanol–water partition coefficient (Wildman–Crippen LogP) is 8.44. The molecule has 1 unspecified atom stereocenters. The molecule has 2 heterocycles. The van der Waals surface area contributed by atoms with E-state index >= 15 is 0 Å². The highest BCUT2D eigenvalue weighted by Gasteiger charge is 2.44. The Kier molecular flexibility index (Phi) is 10.3. The molecule has 0 bridgehead atoms. The van der Waals surface area contributed by atoms with Gasteiger partial charge in [-0.3, -0.25) is 9.59 Å². The topological polar surface area (TPSA) is 43.9 Å². The maximum atomic E-state index is 13.5. The van der Waals surface area contributed by atoms with Crippen LogP contribution in [0.3, 0.4) is 0 Å². The van der Waals surface area contributed by atoms with E-state index in [0.29, 0.717) is 16.6 Å². The summed E-state index contributed by atoms with van der Waals surface area (Å²) in [4.78, 5) is 33.7. The number of benzene rings is 3. The molecular weight excluding hydrogens is 601 g/mol. The standard InChI is InChI=1S/C38H47Cl2N3O2/c1-36(2,3)35(45)41(4)38(30-15-9-6-10-16-30)21-25-42(26-22-38)23-11-19-37(31-17-18-32(39)33(40)27-31)20-12-24-43(28-37)34(44)29-13-7-5-8-14-29/h5-10,13-18,27H,11-12,19-26,28H2,1-4H3. The average molecular weight is 649 g/mol. The van der Waals surface area contributed by atoms with E-state index in [1.165, 1.54) is 5.56 Å². The first-order valence-electron chi connectivity index (χ1n) is 16.3. The Morgan fingerprint density at radius 1 is 0.822 bits per heavy atom. The Hall–Kier alpha value is -2.86. The van der Waals surface area contributed by atoms with E-state index in [0.717, 1.165) is 75.8 Å². The lowest BCUT2D eigenvalue weighted by Crippen LogP contribution is -2.56. The van der Waals surface area contributed by atoms with Crippen LogP contribution in [0.25, 0.3) is 0 Å². The van der Waals surface area contributed by atoms with Gasteiger partial charge in [-0.1, -0.05) is 98.6 Å². The second-order valence-electron chi connectivity index (χ2n) is 14.1. The van der Waals surface area contributed by atoms with Crippen LogP contribution < -0.4 is 0 Å². The number of rotatable bonds is 8. The number of hydrogen-bond acceptors (Lipinski definition) is 3. The van der Waals surface area contributed by atoms with E-state index < -0.39 is 5.41 Å². The number of amides is 2. The SMILES string of the molecule is CN(C(=O)C(C)(C)C)C1(c2ccccc2)CCN(CCCC2(c3ccc(Cl)c(Cl)c3)CCCN(C(=O)c3ccccc3)C2)CC1. The van der Waals surface area contributed by atoms with Gasteiger partial charge in [-0.15, -0.1) is 0 Å². The molecule has 5 rings (SSSR count). The summed E-state index contributed by atoms with van der Waals surface area (Å²) in [5.74, 6) is 0.261. The maximum Gasteiger partial charge on any atom is 0.253 e. The molecule has 45 heavy (non-hydrogen) atoms. The van der Waals surface area contributed by atoms with Crippen LogP contribution in [-0.4, -0.2) is 66.3 Å².